The van der Waals surface area contributed by atoms with E-state index >= 15 is 0 Å². The zero-order chi connectivity index (χ0) is 20.1. The lowest BCUT2D eigenvalue weighted by Crippen LogP contribution is -2.32. The van der Waals surface area contributed by atoms with Crippen LogP contribution in [0, 0.1) is 0 Å². The molecule has 0 unspecified atom stereocenters. The van der Waals surface area contributed by atoms with E-state index in [0.29, 0.717) is 0 Å². The molecule has 0 aromatic heterocycles. The minimum absolute atomic E-state index is 0.466. The standard InChI is InChI=1S/C29H24/c1-3-23-15-14-22-28(27(23)4-2)29(24-16-8-5-9-17-24,25-18-10-6-11-19-25)26-20-12-7-13-21-26/h3-22H,1-2H2. The summed E-state index contributed by atoms with van der Waals surface area (Å²) < 4.78 is 0. The highest BCUT2D eigenvalue weighted by Gasteiger charge is 2.39. The molecule has 0 saturated carbocycles. The molecule has 0 aliphatic rings. The predicted molar refractivity (Wildman–Crippen MR) is 125 cm³/mol. The van der Waals surface area contributed by atoms with Crippen molar-refractivity contribution in [2.24, 2.45) is 0 Å². The summed E-state index contributed by atoms with van der Waals surface area (Å²) in [6, 6.07) is 38.6. The molecule has 4 aromatic carbocycles. The van der Waals surface area contributed by atoms with Crippen LogP contribution in [-0.4, -0.2) is 0 Å². The Hall–Kier alpha value is -3.64. The SMILES string of the molecule is C=Cc1cccc(C(c2ccccc2)(c2ccccc2)c2ccccc2)c1C=C. The Bertz CT molecular complexity index is 1010. The van der Waals surface area contributed by atoms with Crippen molar-refractivity contribution in [3.05, 3.63) is 156 Å². The van der Waals surface area contributed by atoms with Crippen LogP contribution in [0.2, 0.25) is 0 Å². The molecule has 0 heterocycles. The van der Waals surface area contributed by atoms with Crippen LogP contribution in [0.4, 0.5) is 0 Å². The van der Waals surface area contributed by atoms with Crippen molar-refractivity contribution < 1.29 is 0 Å². The predicted octanol–water partition coefficient (Wildman–Crippen LogP) is 7.36. The van der Waals surface area contributed by atoms with E-state index in [4.69, 9.17) is 0 Å². The second kappa shape index (κ2) is 8.16. The highest BCUT2D eigenvalue weighted by atomic mass is 14.4. The van der Waals surface area contributed by atoms with Gasteiger partial charge in [-0.2, -0.15) is 0 Å². The first kappa shape index (κ1) is 18.7. The first-order valence-corrected chi connectivity index (χ1v) is 9.87. The van der Waals surface area contributed by atoms with Crippen LogP contribution in [0.1, 0.15) is 33.4 Å². The lowest BCUT2D eigenvalue weighted by atomic mass is 9.63. The summed E-state index contributed by atoms with van der Waals surface area (Å²) in [4.78, 5) is 0. The van der Waals surface area contributed by atoms with Gasteiger partial charge >= 0.3 is 0 Å². The second-order valence-electron chi connectivity index (χ2n) is 7.06. The molecular weight excluding hydrogens is 348 g/mol. The molecule has 0 spiro atoms. The van der Waals surface area contributed by atoms with Gasteiger partial charge in [0.1, 0.15) is 0 Å². The molecule has 140 valence electrons. The van der Waals surface area contributed by atoms with Crippen LogP contribution >= 0.6 is 0 Å². The van der Waals surface area contributed by atoms with Gasteiger partial charge in [0, 0.05) is 0 Å². The number of rotatable bonds is 6. The summed E-state index contributed by atoms with van der Waals surface area (Å²) >= 11 is 0. The van der Waals surface area contributed by atoms with Gasteiger partial charge in [0.15, 0.2) is 0 Å². The van der Waals surface area contributed by atoms with Crippen LogP contribution < -0.4 is 0 Å². The first-order chi connectivity index (χ1) is 14.3. The van der Waals surface area contributed by atoms with Crippen LogP contribution in [0.15, 0.2) is 122 Å². The number of hydrogen-bond donors (Lipinski definition) is 0. The Morgan fingerprint density at radius 1 is 0.483 bits per heavy atom. The molecule has 0 nitrogen and oxygen atoms in total. The quantitative estimate of drug-likeness (QED) is 0.310. The molecule has 0 atom stereocenters. The van der Waals surface area contributed by atoms with Crippen molar-refractivity contribution >= 4 is 12.2 Å². The summed E-state index contributed by atoms with van der Waals surface area (Å²) in [5.74, 6) is 0. The van der Waals surface area contributed by atoms with Gasteiger partial charge < -0.3 is 0 Å². The summed E-state index contributed by atoms with van der Waals surface area (Å²) in [7, 11) is 0. The molecule has 0 amide bonds. The topological polar surface area (TPSA) is 0 Å². The van der Waals surface area contributed by atoms with Crippen LogP contribution in [0.25, 0.3) is 12.2 Å². The second-order valence-corrected chi connectivity index (χ2v) is 7.06. The molecular formula is C29H24. The van der Waals surface area contributed by atoms with Gasteiger partial charge in [-0.25, -0.2) is 0 Å². The van der Waals surface area contributed by atoms with Crippen molar-refractivity contribution in [3.63, 3.8) is 0 Å². The van der Waals surface area contributed by atoms with Gasteiger partial charge in [-0.1, -0.05) is 135 Å². The fourth-order valence-electron chi connectivity index (χ4n) is 4.35. The fourth-order valence-corrected chi connectivity index (χ4v) is 4.35. The third-order valence-electron chi connectivity index (χ3n) is 5.59. The van der Waals surface area contributed by atoms with Gasteiger partial charge in [-0.3, -0.25) is 0 Å². The molecule has 0 N–H and O–H groups in total. The van der Waals surface area contributed by atoms with Gasteiger partial charge in [0.2, 0.25) is 0 Å². The summed E-state index contributed by atoms with van der Waals surface area (Å²) in [6.45, 7) is 8.18. The Morgan fingerprint density at radius 2 is 0.931 bits per heavy atom. The smallest absolute Gasteiger partial charge is 0.0707 e. The van der Waals surface area contributed by atoms with E-state index in [1.165, 1.54) is 22.3 Å². The van der Waals surface area contributed by atoms with Crippen LogP contribution in [0.5, 0.6) is 0 Å². The Kier molecular flexibility index (Phi) is 5.27. The van der Waals surface area contributed by atoms with E-state index in [1.807, 2.05) is 12.2 Å². The monoisotopic (exact) mass is 372 g/mol. The van der Waals surface area contributed by atoms with E-state index in [9.17, 15) is 0 Å². The minimum Gasteiger partial charge on any atom is -0.0984 e. The van der Waals surface area contributed by atoms with E-state index in [2.05, 4.69) is 122 Å². The lowest BCUT2D eigenvalue weighted by molar-refractivity contribution is 0.743. The summed E-state index contributed by atoms with van der Waals surface area (Å²) in [5, 5.41) is 0. The maximum Gasteiger partial charge on any atom is 0.0707 e. The third kappa shape index (κ3) is 3.13. The van der Waals surface area contributed by atoms with Crippen LogP contribution in [0.3, 0.4) is 0 Å². The summed E-state index contributed by atoms with van der Waals surface area (Å²) in [5.41, 5.74) is 6.61. The Morgan fingerprint density at radius 3 is 1.31 bits per heavy atom. The zero-order valence-corrected chi connectivity index (χ0v) is 16.5. The normalized spacial score (nSPS) is 11.0. The van der Waals surface area contributed by atoms with Gasteiger partial charge in [0.25, 0.3) is 0 Å². The fraction of sp³-hybridized carbons (Fsp3) is 0.0345. The molecule has 29 heavy (non-hydrogen) atoms. The van der Waals surface area contributed by atoms with Crippen LogP contribution in [-0.2, 0) is 5.41 Å². The molecule has 4 rings (SSSR count). The van der Waals surface area contributed by atoms with Crippen molar-refractivity contribution in [1.82, 2.24) is 0 Å². The summed E-state index contributed by atoms with van der Waals surface area (Å²) in [6.07, 6.45) is 3.86. The number of benzene rings is 4. The van der Waals surface area contributed by atoms with Gasteiger partial charge in [-0.15, -0.1) is 0 Å². The average Bonchev–Trinajstić information content (AvgIpc) is 2.81. The van der Waals surface area contributed by atoms with E-state index in [0.717, 1.165) is 11.1 Å². The minimum atomic E-state index is -0.466. The molecule has 0 radical (unpaired) electrons. The Balaban J connectivity index is 2.22. The van der Waals surface area contributed by atoms with Gasteiger partial charge in [-0.05, 0) is 33.4 Å². The van der Waals surface area contributed by atoms with Crippen molar-refractivity contribution in [2.45, 2.75) is 5.41 Å². The molecule has 0 aliphatic heterocycles. The molecule has 0 aliphatic carbocycles. The first-order valence-electron chi connectivity index (χ1n) is 9.87. The van der Waals surface area contributed by atoms with Crippen molar-refractivity contribution in [3.8, 4) is 0 Å². The van der Waals surface area contributed by atoms with Crippen molar-refractivity contribution in [2.75, 3.05) is 0 Å². The molecule has 0 saturated heterocycles. The maximum atomic E-state index is 4.15. The zero-order valence-electron chi connectivity index (χ0n) is 16.5. The van der Waals surface area contributed by atoms with E-state index < -0.39 is 5.41 Å². The van der Waals surface area contributed by atoms with E-state index in [1.54, 1.807) is 0 Å². The lowest BCUT2D eigenvalue weighted by Gasteiger charge is -2.38. The highest BCUT2D eigenvalue weighted by molar-refractivity contribution is 5.73. The number of hydrogen-bond acceptors (Lipinski definition) is 0. The molecule has 0 fully saturated rings. The molecule has 4 aromatic rings. The maximum absolute atomic E-state index is 4.15. The van der Waals surface area contributed by atoms with E-state index in [-0.39, 0.29) is 0 Å². The van der Waals surface area contributed by atoms with Crippen molar-refractivity contribution in [1.29, 1.82) is 0 Å². The Labute approximate surface area is 173 Å². The van der Waals surface area contributed by atoms with Gasteiger partial charge in [0.05, 0.1) is 5.41 Å². The largest absolute Gasteiger partial charge is 0.0984 e. The average molecular weight is 373 g/mol. The molecule has 0 heteroatoms. The molecule has 0 bridgehead atoms. The highest BCUT2D eigenvalue weighted by Crippen LogP contribution is 2.47. The third-order valence-corrected chi connectivity index (χ3v) is 5.59.